The average molecular weight is 500 g/mol. The molecule has 190 valence electrons. The molecule has 4 unspecified atom stereocenters. The lowest BCUT2D eigenvalue weighted by Gasteiger charge is -2.33. The molecule has 0 spiro atoms. The lowest BCUT2D eigenvalue weighted by molar-refractivity contribution is -0.125. The molecule has 0 radical (unpaired) electrons. The number of methoxy groups -OCH3 is 1. The van der Waals surface area contributed by atoms with Gasteiger partial charge < -0.3 is 25.0 Å². The Hall–Kier alpha value is -2.87. The summed E-state index contributed by atoms with van der Waals surface area (Å²) < 4.78 is 5.40. The molecule has 9 nitrogen and oxygen atoms in total. The SMILES string of the molecule is COc1cccc2[nH]c(C(=O)N(C)C(C[Si](C)(C)C)C(=O)NC(C#N)CC3CCCNC3O)cc12. The second-order valence-corrected chi connectivity index (χ2v) is 16.1. The standard InChI is InChI=1S/C25H37N5O4Si/c1-30(25(33)20-13-18-19(29-20)9-6-10-22(18)34-2)21(15-35(3,4)5)24(32)28-17(14-26)12-16-8-7-11-27-23(16)31/h6,9-10,13,16-17,21,23,27,29,31H,7-8,11-12,15H2,1-5H3,(H,28,32). The Morgan fingerprint density at radius 3 is 2.74 bits per heavy atom. The second kappa shape index (κ2) is 11.2. The number of aromatic amines is 1. The molecule has 4 N–H and O–H groups in total. The highest BCUT2D eigenvalue weighted by atomic mass is 28.3. The van der Waals surface area contributed by atoms with Gasteiger partial charge in [-0.3, -0.25) is 14.9 Å². The first kappa shape index (κ1) is 26.7. The smallest absolute Gasteiger partial charge is 0.270 e. The highest BCUT2D eigenvalue weighted by Crippen LogP contribution is 2.27. The third-order valence-corrected chi connectivity index (χ3v) is 8.14. The van der Waals surface area contributed by atoms with Crippen LogP contribution in [0.4, 0.5) is 0 Å². The summed E-state index contributed by atoms with van der Waals surface area (Å²) in [5.74, 6) is -0.0956. The van der Waals surface area contributed by atoms with Crippen molar-refractivity contribution in [3.63, 3.8) is 0 Å². The number of rotatable bonds is 9. The number of nitrogens with one attached hydrogen (secondary N) is 3. The molecule has 35 heavy (non-hydrogen) atoms. The fourth-order valence-electron chi connectivity index (χ4n) is 4.64. The maximum absolute atomic E-state index is 13.4. The molecule has 4 atom stereocenters. The van der Waals surface area contributed by atoms with Crippen LogP contribution < -0.4 is 15.4 Å². The van der Waals surface area contributed by atoms with E-state index in [1.807, 2.05) is 18.2 Å². The van der Waals surface area contributed by atoms with Crippen molar-refractivity contribution >= 4 is 30.8 Å². The number of nitrogens with zero attached hydrogens (tertiary/aromatic N) is 2. The number of carbonyl (C=O) groups excluding carboxylic acids is 2. The number of H-pyrrole nitrogens is 1. The number of nitriles is 1. The fraction of sp³-hybridized carbons (Fsp3) is 0.560. The number of hydrogen-bond donors (Lipinski definition) is 4. The molecule has 10 heteroatoms. The average Bonchev–Trinajstić information content (AvgIpc) is 3.26. The molecule has 2 amide bonds. The highest BCUT2D eigenvalue weighted by molar-refractivity contribution is 6.76. The van der Waals surface area contributed by atoms with Gasteiger partial charge in [0.15, 0.2) is 0 Å². The van der Waals surface area contributed by atoms with Gasteiger partial charge in [-0.2, -0.15) is 5.26 Å². The third kappa shape index (κ3) is 6.63. The van der Waals surface area contributed by atoms with Crippen LogP contribution in [0, 0.1) is 17.2 Å². The van der Waals surface area contributed by atoms with Gasteiger partial charge in [0.2, 0.25) is 5.91 Å². The minimum absolute atomic E-state index is 0.107. The number of ether oxygens (including phenoxy) is 1. The number of fused-ring (bicyclic) bond motifs is 1. The molecule has 1 fully saturated rings. The number of hydrogen-bond acceptors (Lipinski definition) is 6. The zero-order valence-corrected chi connectivity index (χ0v) is 22.2. The number of aliphatic hydroxyl groups is 1. The van der Waals surface area contributed by atoms with E-state index in [0.29, 0.717) is 23.9 Å². The van der Waals surface area contributed by atoms with E-state index in [2.05, 4.69) is 41.3 Å². The topological polar surface area (TPSA) is 130 Å². The Morgan fingerprint density at radius 2 is 2.11 bits per heavy atom. The maximum Gasteiger partial charge on any atom is 0.270 e. The largest absolute Gasteiger partial charge is 0.496 e. The van der Waals surface area contributed by atoms with Gasteiger partial charge in [0.05, 0.1) is 13.2 Å². The summed E-state index contributed by atoms with van der Waals surface area (Å²) >= 11 is 0. The zero-order valence-electron chi connectivity index (χ0n) is 21.2. The summed E-state index contributed by atoms with van der Waals surface area (Å²) in [6.45, 7) is 7.17. The minimum atomic E-state index is -1.77. The molecule has 1 saturated heterocycles. The van der Waals surface area contributed by atoms with Crippen LogP contribution in [-0.4, -0.2) is 73.9 Å². The summed E-state index contributed by atoms with van der Waals surface area (Å²) in [5, 5.41) is 26.6. The van der Waals surface area contributed by atoms with Crippen molar-refractivity contribution in [3.05, 3.63) is 30.0 Å². The molecule has 2 aromatic rings. The lowest BCUT2D eigenvalue weighted by atomic mass is 9.91. The van der Waals surface area contributed by atoms with Crippen molar-refractivity contribution in [2.24, 2.45) is 5.92 Å². The predicted octanol–water partition coefficient (Wildman–Crippen LogP) is 2.67. The van der Waals surface area contributed by atoms with Gasteiger partial charge >= 0.3 is 0 Å². The first-order chi connectivity index (χ1) is 16.5. The normalized spacial score (nSPS) is 20.0. The van der Waals surface area contributed by atoms with Crippen molar-refractivity contribution in [2.75, 3.05) is 20.7 Å². The van der Waals surface area contributed by atoms with Crippen LogP contribution in [0.1, 0.15) is 29.8 Å². The number of piperidine rings is 1. The summed E-state index contributed by atoms with van der Waals surface area (Å²) in [4.78, 5) is 31.5. The van der Waals surface area contributed by atoms with E-state index in [9.17, 15) is 20.0 Å². The van der Waals surface area contributed by atoms with E-state index in [1.165, 1.54) is 4.90 Å². The van der Waals surface area contributed by atoms with Gasteiger partial charge in [-0.25, -0.2) is 0 Å². The third-order valence-electron chi connectivity index (χ3n) is 6.53. The molecular formula is C25H37N5O4Si. The van der Waals surface area contributed by atoms with Gasteiger partial charge in [-0.15, -0.1) is 0 Å². The number of carbonyl (C=O) groups is 2. The van der Waals surface area contributed by atoms with Crippen molar-refractivity contribution < 1.29 is 19.4 Å². The van der Waals surface area contributed by atoms with E-state index in [0.717, 1.165) is 30.3 Å². The van der Waals surface area contributed by atoms with E-state index in [4.69, 9.17) is 4.74 Å². The molecule has 0 aliphatic carbocycles. The van der Waals surface area contributed by atoms with Crippen molar-refractivity contribution in [1.29, 1.82) is 5.26 Å². The van der Waals surface area contributed by atoms with Gasteiger partial charge in [-0.1, -0.05) is 25.7 Å². The molecular weight excluding hydrogens is 462 g/mol. The summed E-state index contributed by atoms with van der Waals surface area (Å²) in [6.07, 6.45) is 1.38. The number of aliphatic hydroxyl groups excluding tert-OH is 1. The van der Waals surface area contributed by atoms with Crippen LogP contribution in [0.25, 0.3) is 10.9 Å². The van der Waals surface area contributed by atoms with Gasteiger partial charge in [0.25, 0.3) is 5.91 Å². The first-order valence-electron chi connectivity index (χ1n) is 12.1. The Labute approximate surface area is 207 Å². The minimum Gasteiger partial charge on any atom is -0.496 e. The molecule has 0 bridgehead atoms. The molecule has 1 aliphatic heterocycles. The molecule has 0 saturated carbocycles. The van der Waals surface area contributed by atoms with Crippen molar-refractivity contribution in [2.45, 2.75) is 63.3 Å². The zero-order chi connectivity index (χ0) is 25.8. The quantitative estimate of drug-likeness (QED) is 0.393. The molecule has 2 heterocycles. The first-order valence-corrected chi connectivity index (χ1v) is 15.8. The van der Waals surface area contributed by atoms with Crippen molar-refractivity contribution in [3.8, 4) is 11.8 Å². The van der Waals surface area contributed by atoms with Crippen LogP contribution in [0.5, 0.6) is 5.75 Å². The van der Waals surface area contributed by atoms with Gasteiger partial charge in [-0.05, 0) is 50.1 Å². The Balaban J connectivity index is 1.80. The van der Waals surface area contributed by atoms with Crippen molar-refractivity contribution in [1.82, 2.24) is 20.5 Å². The number of amides is 2. The summed E-state index contributed by atoms with van der Waals surface area (Å²) in [7, 11) is 1.44. The molecule has 3 rings (SSSR count). The fourth-order valence-corrected chi connectivity index (χ4v) is 6.26. The van der Waals surface area contributed by atoms with E-state index >= 15 is 0 Å². The van der Waals surface area contributed by atoms with Crippen LogP contribution >= 0.6 is 0 Å². The maximum atomic E-state index is 13.4. The van der Waals surface area contributed by atoms with E-state index < -0.39 is 26.4 Å². The molecule has 1 aliphatic rings. The number of likely N-dealkylation sites (N-methyl/N-ethyl adjacent to an activating group) is 1. The Bertz CT molecular complexity index is 1090. The Morgan fingerprint density at radius 1 is 1.37 bits per heavy atom. The number of benzene rings is 1. The van der Waals surface area contributed by atoms with E-state index in [1.54, 1.807) is 20.2 Å². The van der Waals surface area contributed by atoms with Gasteiger partial charge in [0, 0.05) is 31.9 Å². The van der Waals surface area contributed by atoms with Crippen LogP contribution in [0.2, 0.25) is 25.7 Å². The predicted molar refractivity (Wildman–Crippen MR) is 138 cm³/mol. The molecule has 1 aromatic carbocycles. The number of aromatic nitrogens is 1. The lowest BCUT2D eigenvalue weighted by Crippen LogP contribution is -2.53. The summed E-state index contributed by atoms with van der Waals surface area (Å²) in [5.41, 5.74) is 1.14. The van der Waals surface area contributed by atoms with Crippen LogP contribution in [0.15, 0.2) is 24.3 Å². The molecule has 1 aromatic heterocycles. The van der Waals surface area contributed by atoms with Gasteiger partial charge in [0.1, 0.15) is 29.8 Å². The highest BCUT2D eigenvalue weighted by Gasteiger charge is 2.35. The van der Waals surface area contributed by atoms with Crippen LogP contribution in [-0.2, 0) is 4.79 Å². The summed E-state index contributed by atoms with van der Waals surface area (Å²) in [6, 6.07) is 8.54. The van der Waals surface area contributed by atoms with Crippen LogP contribution in [0.3, 0.4) is 0 Å². The monoisotopic (exact) mass is 499 g/mol. The Kier molecular flexibility index (Phi) is 8.59. The second-order valence-electron chi connectivity index (χ2n) is 10.5. The van der Waals surface area contributed by atoms with E-state index in [-0.39, 0.29) is 17.7 Å².